The Morgan fingerprint density at radius 3 is 3.06 bits per heavy atom. The summed E-state index contributed by atoms with van der Waals surface area (Å²) in [6, 6.07) is 4.61. The van der Waals surface area contributed by atoms with Crippen LogP contribution in [0.1, 0.15) is 44.8 Å². The summed E-state index contributed by atoms with van der Waals surface area (Å²) in [5.74, 6) is 1.09. The van der Waals surface area contributed by atoms with E-state index in [1.165, 1.54) is 25.7 Å². The van der Waals surface area contributed by atoms with Crippen molar-refractivity contribution in [2.24, 2.45) is 0 Å². The zero-order valence-corrected chi connectivity index (χ0v) is 11.4. The molecule has 3 nitrogen and oxygen atoms in total. The van der Waals surface area contributed by atoms with Crippen LogP contribution in [0, 0.1) is 0 Å². The average Bonchev–Trinajstić information content (AvgIpc) is 3.05. The molecule has 0 spiro atoms. The molecule has 2 atom stereocenters. The largest absolute Gasteiger partial charge is 0.469 e. The highest BCUT2D eigenvalue weighted by molar-refractivity contribution is 4.98. The van der Waals surface area contributed by atoms with Gasteiger partial charge in [-0.1, -0.05) is 6.92 Å². The summed E-state index contributed by atoms with van der Waals surface area (Å²) in [5, 5.41) is 3.57. The van der Waals surface area contributed by atoms with Crippen molar-refractivity contribution in [2.75, 3.05) is 13.2 Å². The van der Waals surface area contributed by atoms with Crippen LogP contribution >= 0.6 is 0 Å². The topological polar surface area (TPSA) is 34.4 Å². The van der Waals surface area contributed by atoms with E-state index < -0.39 is 0 Å². The molecular weight excluding hydrogens is 226 g/mol. The first-order valence-electron chi connectivity index (χ1n) is 7.26. The van der Waals surface area contributed by atoms with E-state index in [1.54, 1.807) is 6.26 Å². The van der Waals surface area contributed by atoms with Gasteiger partial charge in [0.2, 0.25) is 0 Å². The van der Waals surface area contributed by atoms with Crippen LogP contribution in [0.4, 0.5) is 0 Å². The molecule has 1 aliphatic heterocycles. The fraction of sp³-hybridized carbons (Fsp3) is 0.733. The maximum absolute atomic E-state index is 5.69. The minimum atomic E-state index is 0.509. The lowest BCUT2D eigenvalue weighted by Crippen LogP contribution is -2.30. The van der Waals surface area contributed by atoms with Crippen molar-refractivity contribution in [2.45, 2.75) is 57.6 Å². The molecular formula is C15H25NO2. The molecule has 2 unspecified atom stereocenters. The molecule has 1 aromatic heterocycles. The molecule has 18 heavy (non-hydrogen) atoms. The molecule has 1 aliphatic rings. The number of ether oxygens (including phenoxy) is 1. The molecule has 1 fully saturated rings. The van der Waals surface area contributed by atoms with Crippen LogP contribution in [-0.4, -0.2) is 25.3 Å². The Morgan fingerprint density at radius 2 is 2.39 bits per heavy atom. The third kappa shape index (κ3) is 4.46. The van der Waals surface area contributed by atoms with Gasteiger partial charge < -0.3 is 14.5 Å². The molecule has 102 valence electrons. The highest BCUT2D eigenvalue weighted by Crippen LogP contribution is 2.19. The molecule has 0 aromatic carbocycles. The van der Waals surface area contributed by atoms with E-state index in [1.807, 2.05) is 6.07 Å². The van der Waals surface area contributed by atoms with Crippen LogP contribution in [-0.2, 0) is 11.2 Å². The first-order chi connectivity index (χ1) is 8.88. The fourth-order valence-corrected chi connectivity index (χ4v) is 2.67. The van der Waals surface area contributed by atoms with Gasteiger partial charge in [-0.15, -0.1) is 0 Å². The Labute approximate surface area is 110 Å². The second-order valence-electron chi connectivity index (χ2n) is 5.09. The van der Waals surface area contributed by atoms with Crippen LogP contribution in [0.25, 0.3) is 0 Å². The minimum Gasteiger partial charge on any atom is -0.469 e. The average molecular weight is 251 g/mol. The molecule has 0 saturated carbocycles. The van der Waals surface area contributed by atoms with Gasteiger partial charge in [0.25, 0.3) is 0 Å². The van der Waals surface area contributed by atoms with Gasteiger partial charge in [0.15, 0.2) is 0 Å². The van der Waals surface area contributed by atoms with Gasteiger partial charge in [-0.05, 0) is 50.8 Å². The van der Waals surface area contributed by atoms with Gasteiger partial charge >= 0.3 is 0 Å². The number of nitrogens with one attached hydrogen (secondary N) is 1. The third-order valence-electron chi connectivity index (χ3n) is 3.67. The first-order valence-corrected chi connectivity index (χ1v) is 7.26. The van der Waals surface area contributed by atoms with Crippen molar-refractivity contribution >= 4 is 0 Å². The summed E-state index contributed by atoms with van der Waals surface area (Å²) < 4.78 is 11.1. The van der Waals surface area contributed by atoms with Crippen molar-refractivity contribution < 1.29 is 9.15 Å². The van der Waals surface area contributed by atoms with E-state index in [0.717, 1.165) is 31.8 Å². The predicted octanol–water partition coefficient (Wildman–Crippen LogP) is 3.15. The van der Waals surface area contributed by atoms with Crippen molar-refractivity contribution in [1.82, 2.24) is 5.32 Å². The van der Waals surface area contributed by atoms with Crippen LogP contribution in [0.15, 0.2) is 22.8 Å². The molecule has 1 aromatic rings. The summed E-state index contributed by atoms with van der Waals surface area (Å²) in [6.07, 6.45) is 9.32. The highest BCUT2D eigenvalue weighted by Gasteiger charge is 2.17. The van der Waals surface area contributed by atoms with Crippen LogP contribution in [0.2, 0.25) is 0 Å². The van der Waals surface area contributed by atoms with Gasteiger partial charge in [-0.3, -0.25) is 0 Å². The molecule has 1 saturated heterocycles. The molecule has 3 heteroatoms. The zero-order chi connectivity index (χ0) is 12.6. The Morgan fingerprint density at radius 1 is 1.44 bits per heavy atom. The lowest BCUT2D eigenvalue weighted by molar-refractivity contribution is 0.0993. The molecule has 2 heterocycles. The van der Waals surface area contributed by atoms with E-state index >= 15 is 0 Å². The molecule has 1 N–H and O–H groups in total. The zero-order valence-electron chi connectivity index (χ0n) is 11.4. The summed E-state index contributed by atoms with van der Waals surface area (Å²) in [4.78, 5) is 0. The standard InChI is InChI=1S/C15H25NO2/c1-2-16-13(7-9-14-5-3-11-17-14)8-10-15-6-4-12-18-15/h3,5,11,13,15-16H,2,4,6-10,12H2,1H3. The Bertz CT molecular complexity index is 304. The SMILES string of the molecule is CCNC(CCc1ccco1)CCC1CCCO1. The van der Waals surface area contributed by atoms with Gasteiger partial charge in [-0.25, -0.2) is 0 Å². The number of hydrogen-bond donors (Lipinski definition) is 1. The van der Waals surface area contributed by atoms with Crippen molar-refractivity contribution in [3.05, 3.63) is 24.2 Å². The minimum absolute atomic E-state index is 0.509. The Hall–Kier alpha value is -0.800. The van der Waals surface area contributed by atoms with Gasteiger partial charge in [0.05, 0.1) is 12.4 Å². The van der Waals surface area contributed by atoms with E-state index in [9.17, 15) is 0 Å². The summed E-state index contributed by atoms with van der Waals surface area (Å²) in [5.41, 5.74) is 0. The van der Waals surface area contributed by atoms with Crippen LogP contribution < -0.4 is 5.32 Å². The summed E-state index contributed by atoms with van der Waals surface area (Å²) in [7, 11) is 0. The number of furan rings is 1. The summed E-state index contributed by atoms with van der Waals surface area (Å²) >= 11 is 0. The Kier molecular flexibility index (Phi) is 5.75. The lowest BCUT2D eigenvalue weighted by atomic mass is 10.0. The van der Waals surface area contributed by atoms with E-state index in [2.05, 4.69) is 18.3 Å². The number of rotatable bonds is 8. The van der Waals surface area contributed by atoms with Gasteiger partial charge in [-0.2, -0.15) is 0 Å². The molecule has 0 bridgehead atoms. The smallest absolute Gasteiger partial charge is 0.103 e. The van der Waals surface area contributed by atoms with Crippen LogP contribution in [0.5, 0.6) is 0 Å². The quantitative estimate of drug-likeness (QED) is 0.770. The monoisotopic (exact) mass is 251 g/mol. The highest BCUT2D eigenvalue weighted by atomic mass is 16.5. The first kappa shape index (κ1) is 13.6. The van der Waals surface area contributed by atoms with E-state index in [-0.39, 0.29) is 0 Å². The van der Waals surface area contributed by atoms with Crippen LogP contribution in [0.3, 0.4) is 0 Å². The number of hydrogen-bond acceptors (Lipinski definition) is 3. The maximum atomic E-state index is 5.69. The molecule has 0 aliphatic carbocycles. The second-order valence-corrected chi connectivity index (χ2v) is 5.09. The predicted molar refractivity (Wildman–Crippen MR) is 72.7 cm³/mol. The van der Waals surface area contributed by atoms with Crippen molar-refractivity contribution in [3.8, 4) is 0 Å². The normalized spacial score (nSPS) is 21.3. The molecule has 2 rings (SSSR count). The molecule has 0 radical (unpaired) electrons. The van der Waals surface area contributed by atoms with Crippen molar-refractivity contribution in [3.63, 3.8) is 0 Å². The fourth-order valence-electron chi connectivity index (χ4n) is 2.67. The summed E-state index contributed by atoms with van der Waals surface area (Å²) in [6.45, 7) is 4.17. The van der Waals surface area contributed by atoms with Crippen molar-refractivity contribution in [1.29, 1.82) is 0 Å². The number of aryl methyl sites for hydroxylation is 1. The third-order valence-corrected chi connectivity index (χ3v) is 3.67. The van der Waals surface area contributed by atoms with Gasteiger partial charge in [0, 0.05) is 19.1 Å². The van der Waals surface area contributed by atoms with E-state index in [0.29, 0.717) is 12.1 Å². The maximum Gasteiger partial charge on any atom is 0.103 e. The van der Waals surface area contributed by atoms with E-state index in [4.69, 9.17) is 9.15 Å². The Balaban J connectivity index is 1.69. The second kappa shape index (κ2) is 7.59. The lowest BCUT2D eigenvalue weighted by Gasteiger charge is -2.19. The van der Waals surface area contributed by atoms with Gasteiger partial charge in [0.1, 0.15) is 5.76 Å². The molecule has 0 amide bonds.